The van der Waals surface area contributed by atoms with E-state index < -0.39 is 0 Å². The van der Waals surface area contributed by atoms with Crippen LogP contribution in [0.1, 0.15) is 62.3 Å². The lowest BCUT2D eigenvalue weighted by Crippen LogP contribution is -2.45. The molecular weight excluding hydrogens is 310 g/mol. The van der Waals surface area contributed by atoms with Crippen molar-refractivity contribution in [1.29, 1.82) is 0 Å². The third-order valence-corrected chi connectivity index (χ3v) is 5.25. The molecule has 1 saturated carbocycles. The predicted octanol–water partition coefficient (Wildman–Crippen LogP) is 3.59. The summed E-state index contributed by atoms with van der Waals surface area (Å²) in [5.74, 6) is 0.245. The Hall–Kier alpha value is -1.14. The zero-order valence-electron chi connectivity index (χ0n) is 14.6. The third-order valence-electron chi connectivity index (χ3n) is 4.10. The summed E-state index contributed by atoms with van der Waals surface area (Å²) in [4.78, 5) is 17.6. The number of thiazole rings is 1. The van der Waals surface area contributed by atoms with Gasteiger partial charge >= 0.3 is 6.03 Å². The molecule has 0 bridgehead atoms. The molecule has 1 aromatic heterocycles. The summed E-state index contributed by atoms with van der Waals surface area (Å²) >= 11 is 1.69. The quantitative estimate of drug-likeness (QED) is 0.832. The Balaban J connectivity index is 1.65. The highest BCUT2D eigenvalue weighted by Gasteiger charge is 2.23. The molecule has 1 atom stereocenters. The zero-order valence-corrected chi connectivity index (χ0v) is 15.4. The fourth-order valence-electron chi connectivity index (χ4n) is 2.90. The van der Waals surface area contributed by atoms with E-state index in [0.29, 0.717) is 12.6 Å². The van der Waals surface area contributed by atoms with Crippen LogP contribution in [0.5, 0.6) is 0 Å². The molecular formula is C17H29N3O2S. The number of hydrogen-bond donors (Lipinski definition) is 2. The first kappa shape index (κ1) is 18.2. The van der Waals surface area contributed by atoms with Crippen molar-refractivity contribution in [2.75, 3.05) is 6.54 Å². The molecule has 2 rings (SSSR count). The molecule has 1 aliphatic carbocycles. The van der Waals surface area contributed by atoms with Crippen molar-refractivity contribution in [3.63, 3.8) is 0 Å². The van der Waals surface area contributed by atoms with Gasteiger partial charge in [-0.3, -0.25) is 0 Å². The highest BCUT2D eigenvalue weighted by atomic mass is 32.1. The normalized spacial score (nSPS) is 22.8. The van der Waals surface area contributed by atoms with E-state index >= 15 is 0 Å². The van der Waals surface area contributed by atoms with Crippen LogP contribution in [0.4, 0.5) is 4.79 Å². The Morgan fingerprint density at radius 3 is 2.61 bits per heavy atom. The van der Waals surface area contributed by atoms with Crippen molar-refractivity contribution in [1.82, 2.24) is 15.6 Å². The number of carbonyl (C=O) groups excluding carboxylic acids is 1. The average Bonchev–Trinajstić information content (AvgIpc) is 2.93. The molecule has 0 unspecified atom stereocenters. The van der Waals surface area contributed by atoms with E-state index in [1.165, 1.54) is 4.88 Å². The van der Waals surface area contributed by atoms with E-state index in [1.807, 2.05) is 13.1 Å². The van der Waals surface area contributed by atoms with E-state index in [2.05, 4.69) is 36.4 Å². The van der Waals surface area contributed by atoms with Gasteiger partial charge in [-0.1, -0.05) is 6.92 Å². The number of nitrogens with zero attached hydrogens (tertiary/aromatic N) is 1. The number of aromatic nitrogens is 1. The number of ether oxygens (including phenoxy) is 1. The van der Waals surface area contributed by atoms with Gasteiger partial charge in [0, 0.05) is 29.6 Å². The predicted molar refractivity (Wildman–Crippen MR) is 94.1 cm³/mol. The first-order chi connectivity index (χ1) is 10.9. The van der Waals surface area contributed by atoms with Gasteiger partial charge in [0.1, 0.15) is 0 Å². The van der Waals surface area contributed by atoms with E-state index in [9.17, 15) is 4.79 Å². The first-order valence-corrected chi connectivity index (χ1v) is 9.37. The SMILES string of the molecule is Cc1cnc([C@@H](C)CNC(=O)NC2CCC(OC(C)C)CC2)s1. The van der Waals surface area contributed by atoms with Gasteiger partial charge in [-0.05, 0) is 46.5 Å². The largest absolute Gasteiger partial charge is 0.376 e. The summed E-state index contributed by atoms with van der Waals surface area (Å²) in [7, 11) is 0. The van der Waals surface area contributed by atoms with Crippen molar-refractivity contribution in [3.05, 3.63) is 16.1 Å². The van der Waals surface area contributed by atoms with E-state index in [-0.39, 0.29) is 24.1 Å². The van der Waals surface area contributed by atoms with Gasteiger partial charge in [0.2, 0.25) is 0 Å². The molecule has 0 aliphatic heterocycles. The van der Waals surface area contributed by atoms with Gasteiger partial charge in [-0.25, -0.2) is 9.78 Å². The standard InChI is InChI=1S/C17H29N3O2S/c1-11(2)22-15-7-5-14(6-8-15)20-17(21)19-9-12(3)16-18-10-13(4)23-16/h10-12,14-15H,5-9H2,1-4H3,(H2,19,20,21)/t12-,14?,15?/m0/s1. The summed E-state index contributed by atoms with van der Waals surface area (Å²) in [6, 6.07) is 0.192. The summed E-state index contributed by atoms with van der Waals surface area (Å²) in [5, 5.41) is 7.13. The Morgan fingerprint density at radius 2 is 2.04 bits per heavy atom. The van der Waals surface area contributed by atoms with Gasteiger partial charge in [0.25, 0.3) is 0 Å². The maximum Gasteiger partial charge on any atom is 0.315 e. The smallest absolute Gasteiger partial charge is 0.315 e. The van der Waals surface area contributed by atoms with Crippen molar-refractivity contribution in [3.8, 4) is 0 Å². The third kappa shape index (κ3) is 6.11. The zero-order chi connectivity index (χ0) is 16.8. The molecule has 0 spiro atoms. The summed E-state index contributed by atoms with van der Waals surface area (Å²) in [6.07, 6.45) is 6.55. The number of amides is 2. The lowest BCUT2D eigenvalue weighted by atomic mass is 9.93. The minimum Gasteiger partial charge on any atom is -0.376 e. The van der Waals surface area contributed by atoms with Gasteiger partial charge in [0.05, 0.1) is 17.2 Å². The van der Waals surface area contributed by atoms with Crippen molar-refractivity contribution in [2.45, 2.75) is 77.5 Å². The number of carbonyl (C=O) groups is 1. The molecule has 1 aromatic rings. The van der Waals surface area contributed by atoms with Crippen LogP contribution in [0.15, 0.2) is 6.20 Å². The molecule has 0 saturated heterocycles. The van der Waals surface area contributed by atoms with Gasteiger partial charge < -0.3 is 15.4 Å². The Labute approximate surface area is 143 Å². The molecule has 2 amide bonds. The van der Waals surface area contributed by atoms with Gasteiger partial charge in [-0.2, -0.15) is 0 Å². The molecule has 1 fully saturated rings. The average molecular weight is 340 g/mol. The molecule has 6 heteroatoms. The Morgan fingerprint density at radius 1 is 1.35 bits per heavy atom. The number of hydrogen-bond acceptors (Lipinski definition) is 4. The summed E-state index contributed by atoms with van der Waals surface area (Å²) in [5.41, 5.74) is 0. The lowest BCUT2D eigenvalue weighted by Gasteiger charge is -2.30. The van der Waals surface area contributed by atoms with Crippen molar-refractivity contribution in [2.24, 2.45) is 0 Å². The van der Waals surface area contributed by atoms with Crippen LogP contribution < -0.4 is 10.6 Å². The van der Waals surface area contributed by atoms with E-state index in [1.54, 1.807) is 11.3 Å². The highest BCUT2D eigenvalue weighted by molar-refractivity contribution is 7.11. The molecule has 130 valence electrons. The van der Waals surface area contributed by atoms with Crippen LogP contribution in [0.3, 0.4) is 0 Å². The second kappa shape index (κ2) is 8.64. The molecule has 1 heterocycles. The number of nitrogens with one attached hydrogen (secondary N) is 2. The summed E-state index contributed by atoms with van der Waals surface area (Å²) in [6.45, 7) is 8.90. The fourth-order valence-corrected chi connectivity index (χ4v) is 3.72. The van der Waals surface area contributed by atoms with Crippen LogP contribution in [0.25, 0.3) is 0 Å². The molecule has 5 nitrogen and oxygen atoms in total. The molecule has 1 aliphatic rings. The minimum atomic E-state index is -0.0710. The van der Waals surface area contributed by atoms with Gasteiger partial charge in [-0.15, -0.1) is 11.3 Å². The van der Waals surface area contributed by atoms with Gasteiger partial charge in [0.15, 0.2) is 0 Å². The highest BCUT2D eigenvalue weighted by Crippen LogP contribution is 2.22. The molecule has 0 radical (unpaired) electrons. The second-order valence-corrected chi connectivity index (χ2v) is 7.99. The van der Waals surface area contributed by atoms with Crippen LogP contribution in [-0.4, -0.2) is 35.8 Å². The molecule has 2 N–H and O–H groups in total. The van der Waals surface area contributed by atoms with Crippen LogP contribution in [0, 0.1) is 6.92 Å². The lowest BCUT2D eigenvalue weighted by molar-refractivity contribution is -0.0155. The Bertz CT molecular complexity index is 496. The summed E-state index contributed by atoms with van der Waals surface area (Å²) < 4.78 is 5.84. The van der Waals surface area contributed by atoms with Crippen molar-refractivity contribution >= 4 is 17.4 Å². The van der Waals surface area contributed by atoms with E-state index in [0.717, 1.165) is 30.7 Å². The minimum absolute atomic E-state index is 0.0710. The maximum atomic E-state index is 12.0. The van der Waals surface area contributed by atoms with Crippen molar-refractivity contribution < 1.29 is 9.53 Å². The fraction of sp³-hybridized carbons (Fsp3) is 0.765. The monoisotopic (exact) mass is 339 g/mol. The number of rotatable bonds is 6. The number of urea groups is 1. The number of aryl methyl sites for hydroxylation is 1. The topological polar surface area (TPSA) is 63.2 Å². The maximum absolute atomic E-state index is 12.0. The molecule has 23 heavy (non-hydrogen) atoms. The van der Waals surface area contributed by atoms with Crippen LogP contribution in [-0.2, 0) is 4.74 Å². The second-order valence-electron chi connectivity index (χ2n) is 6.72. The van der Waals surface area contributed by atoms with E-state index in [4.69, 9.17) is 4.74 Å². The Kier molecular flexibility index (Phi) is 6.84. The van der Waals surface area contributed by atoms with Crippen LogP contribution >= 0.6 is 11.3 Å². The first-order valence-electron chi connectivity index (χ1n) is 8.56. The molecule has 0 aromatic carbocycles. The van der Waals surface area contributed by atoms with Crippen LogP contribution in [0.2, 0.25) is 0 Å².